The number of rotatable bonds is 1. The molecule has 0 unspecified atom stereocenters. The Morgan fingerprint density at radius 2 is 2.11 bits per heavy atom. The summed E-state index contributed by atoms with van der Waals surface area (Å²) in [4.78, 5) is 26.0. The molecule has 0 atom stereocenters. The van der Waals surface area contributed by atoms with Gasteiger partial charge in [0, 0.05) is 6.20 Å². The third-order valence-corrected chi connectivity index (χ3v) is 2.41. The van der Waals surface area contributed by atoms with Crippen LogP contribution in [0.4, 0.5) is 18.9 Å². The first kappa shape index (κ1) is 13.1. The number of carbonyl (C=O) groups excluding carboxylic acids is 1. The number of hydrogen-bond donors (Lipinski definition) is 1. The molecule has 0 spiro atoms. The van der Waals surface area contributed by atoms with Crippen LogP contribution in [0.15, 0.2) is 12.3 Å². The van der Waals surface area contributed by atoms with E-state index in [-0.39, 0.29) is 30.3 Å². The number of carboxylic acids is 1. The quantitative estimate of drug-likeness (QED) is 0.829. The minimum Gasteiger partial charge on any atom is -0.478 e. The topological polar surface area (TPSA) is 79.7 Å². The van der Waals surface area contributed by atoms with E-state index in [0.29, 0.717) is 4.90 Å². The second-order valence-corrected chi connectivity index (χ2v) is 3.66. The number of carbonyl (C=O) groups is 2. The lowest BCUT2D eigenvalue weighted by molar-refractivity contribution is -0.170. The lowest BCUT2D eigenvalue weighted by atomic mass is 10.2. The first-order chi connectivity index (χ1) is 8.80. The number of nitrogens with zero attached hydrogens (tertiary/aromatic N) is 2. The maximum absolute atomic E-state index is 12.4. The van der Waals surface area contributed by atoms with E-state index in [4.69, 9.17) is 9.84 Å². The van der Waals surface area contributed by atoms with E-state index in [1.54, 1.807) is 0 Å². The molecule has 2 heterocycles. The van der Waals surface area contributed by atoms with Gasteiger partial charge in [-0.2, -0.15) is 13.2 Å². The fraction of sp³-hybridized carbons (Fsp3) is 0.300. The minimum absolute atomic E-state index is 0.145. The van der Waals surface area contributed by atoms with Crippen LogP contribution in [-0.2, 0) is 4.79 Å². The Hall–Kier alpha value is -2.32. The van der Waals surface area contributed by atoms with Gasteiger partial charge in [-0.3, -0.25) is 9.69 Å². The summed E-state index contributed by atoms with van der Waals surface area (Å²) in [6.07, 6.45) is -4.10. The zero-order valence-electron chi connectivity index (χ0n) is 9.27. The molecule has 9 heteroatoms. The third kappa shape index (κ3) is 2.44. The molecule has 6 nitrogen and oxygen atoms in total. The van der Waals surface area contributed by atoms with Gasteiger partial charge in [0.25, 0.3) is 0 Å². The number of hydrogen-bond acceptors (Lipinski definition) is 4. The van der Waals surface area contributed by atoms with Crippen LogP contribution in [0.25, 0.3) is 0 Å². The molecule has 1 amide bonds. The molecule has 0 saturated heterocycles. The number of alkyl halides is 3. The van der Waals surface area contributed by atoms with Crippen LogP contribution in [0.3, 0.4) is 0 Å². The molecule has 2 rings (SSSR count). The van der Waals surface area contributed by atoms with Crippen molar-refractivity contribution in [3.05, 3.63) is 17.8 Å². The fourth-order valence-electron chi connectivity index (χ4n) is 1.58. The van der Waals surface area contributed by atoms with Crippen molar-refractivity contribution in [2.24, 2.45) is 0 Å². The number of anilines is 1. The van der Waals surface area contributed by atoms with Crippen LogP contribution < -0.4 is 9.64 Å². The van der Waals surface area contributed by atoms with E-state index >= 15 is 0 Å². The number of halogens is 3. The van der Waals surface area contributed by atoms with Gasteiger partial charge in [-0.25, -0.2) is 9.78 Å². The number of ether oxygens (including phenoxy) is 1. The van der Waals surface area contributed by atoms with Crippen molar-refractivity contribution in [3.8, 4) is 5.88 Å². The standard InChI is InChI=1S/C10H7F3N2O4/c11-10(12,13)9(18)15-1-2-19-7-6(15)3-5(4-14-7)8(16)17/h3-4H,1-2H2,(H,16,17). The molecule has 1 aliphatic heterocycles. The van der Waals surface area contributed by atoms with Crippen molar-refractivity contribution in [3.63, 3.8) is 0 Å². The van der Waals surface area contributed by atoms with Gasteiger partial charge in [-0.05, 0) is 6.07 Å². The largest absolute Gasteiger partial charge is 0.478 e. The van der Waals surface area contributed by atoms with Gasteiger partial charge in [0.15, 0.2) is 0 Å². The molecule has 1 aliphatic rings. The smallest absolute Gasteiger partial charge is 0.471 e. The molecule has 0 aliphatic carbocycles. The van der Waals surface area contributed by atoms with Gasteiger partial charge in [-0.1, -0.05) is 0 Å². The van der Waals surface area contributed by atoms with E-state index in [9.17, 15) is 22.8 Å². The molecular formula is C10H7F3N2O4. The average Bonchev–Trinajstić information content (AvgIpc) is 2.35. The monoisotopic (exact) mass is 276 g/mol. The highest BCUT2D eigenvalue weighted by Crippen LogP contribution is 2.33. The number of aromatic carboxylic acids is 1. The van der Waals surface area contributed by atoms with E-state index in [2.05, 4.69) is 4.98 Å². The van der Waals surface area contributed by atoms with Crippen LogP contribution in [0.5, 0.6) is 5.88 Å². The summed E-state index contributed by atoms with van der Waals surface area (Å²) in [7, 11) is 0. The number of pyridine rings is 1. The van der Waals surface area contributed by atoms with Gasteiger partial charge in [0.05, 0.1) is 12.1 Å². The summed E-state index contributed by atoms with van der Waals surface area (Å²) in [5, 5.41) is 8.76. The average molecular weight is 276 g/mol. The van der Waals surface area contributed by atoms with Crippen LogP contribution >= 0.6 is 0 Å². The first-order valence-electron chi connectivity index (χ1n) is 5.05. The molecule has 0 aromatic carbocycles. The maximum atomic E-state index is 12.4. The summed E-state index contributed by atoms with van der Waals surface area (Å²) in [6.45, 7) is -0.468. The van der Waals surface area contributed by atoms with Crippen molar-refractivity contribution in [2.75, 3.05) is 18.1 Å². The van der Waals surface area contributed by atoms with Crippen LogP contribution in [0.1, 0.15) is 10.4 Å². The Labute approximate surface area is 104 Å². The van der Waals surface area contributed by atoms with Crippen LogP contribution in [0.2, 0.25) is 0 Å². The van der Waals surface area contributed by atoms with Crippen molar-refractivity contribution in [2.45, 2.75) is 6.18 Å². The van der Waals surface area contributed by atoms with Crippen molar-refractivity contribution in [1.29, 1.82) is 0 Å². The molecule has 0 bridgehead atoms. The van der Waals surface area contributed by atoms with Crippen molar-refractivity contribution >= 4 is 17.6 Å². The van der Waals surface area contributed by atoms with Crippen molar-refractivity contribution in [1.82, 2.24) is 4.98 Å². The predicted octanol–water partition coefficient (Wildman–Crippen LogP) is 1.07. The summed E-state index contributed by atoms with van der Waals surface area (Å²) >= 11 is 0. The second kappa shape index (κ2) is 4.41. The van der Waals surface area contributed by atoms with E-state index in [0.717, 1.165) is 12.3 Å². The molecule has 19 heavy (non-hydrogen) atoms. The lowest BCUT2D eigenvalue weighted by Gasteiger charge is -2.29. The molecule has 0 radical (unpaired) electrons. The highest BCUT2D eigenvalue weighted by Gasteiger charge is 2.44. The molecular weight excluding hydrogens is 269 g/mol. The Kier molecular flexibility index (Phi) is 3.05. The number of fused-ring (bicyclic) bond motifs is 1. The Morgan fingerprint density at radius 3 is 2.68 bits per heavy atom. The van der Waals surface area contributed by atoms with Gasteiger partial charge >= 0.3 is 18.1 Å². The summed E-state index contributed by atoms with van der Waals surface area (Å²) in [6, 6.07) is 0.924. The van der Waals surface area contributed by atoms with Gasteiger partial charge in [0.1, 0.15) is 12.3 Å². The third-order valence-electron chi connectivity index (χ3n) is 2.41. The van der Waals surface area contributed by atoms with Gasteiger partial charge in [-0.15, -0.1) is 0 Å². The van der Waals surface area contributed by atoms with Crippen LogP contribution in [-0.4, -0.2) is 41.3 Å². The van der Waals surface area contributed by atoms with Gasteiger partial charge < -0.3 is 9.84 Å². The van der Waals surface area contributed by atoms with Crippen LogP contribution in [0, 0.1) is 0 Å². The lowest BCUT2D eigenvalue weighted by Crippen LogP contribution is -2.45. The molecule has 0 saturated carbocycles. The SMILES string of the molecule is O=C(O)c1cnc2c(c1)N(C(=O)C(F)(F)F)CCO2. The summed E-state index contributed by atoms with van der Waals surface area (Å²) in [5.41, 5.74) is -0.627. The summed E-state index contributed by atoms with van der Waals surface area (Å²) < 4.78 is 42.2. The normalized spacial score (nSPS) is 14.6. The number of carboxylic acid groups (broad SMARTS) is 1. The Morgan fingerprint density at radius 1 is 1.42 bits per heavy atom. The Bertz CT molecular complexity index is 544. The highest BCUT2D eigenvalue weighted by atomic mass is 19.4. The zero-order chi connectivity index (χ0) is 14.2. The minimum atomic E-state index is -5.05. The molecule has 0 fully saturated rings. The molecule has 1 N–H and O–H groups in total. The molecule has 102 valence electrons. The highest BCUT2D eigenvalue weighted by molar-refractivity contribution is 6.00. The molecule has 1 aromatic heterocycles. The molecule has 1 aromatic rings. The Balaban J connectivity index is 2.45. The first-order valence-corrected chi connectivity index (χ1v) is 5.05. The number of amides is 1. The van der Waals surface area contributed by atoms with E-state index in [1.165, 1.54) is 0 Å². The van der Waals surface area contributed by atoms with Crippen molar-refractivity contribution < 1.29 is 32.6 Å². The van der Waals surface area contributed by atoms with E-state index < -0.39 is 18.1 Å². The fourth-order valence-corrected chi connectivity index (χ4v) is 1.58. The number of aromatic nitrogens is 1. The van der Waals surface area contributed by atoms with E-state index in [1.807, 2.05) is 0 Å². The maximum Gasteiger partial charge on any atom is 0.471 e. The van der Waals surface area contributed by atoms with Gasteiger partial charge in [0.2, 0.25) is 5.88 Å². The predicted molar refractivity (Wildman–Crippen MR) is 55.1 cm³/mol. The second-order valence-electron chi connectivity index (χ2n) is 3.66. The zero-order valence-corrected chi connectivity index (χ0v) is 9.27. The summed E-state index contributed by atoms with van der Waals surface area (Å²) in [5.74, 6) is -3.64.